The summed E-state index contributed by atoms with van der Waals surface area (Å²) in [6.45, 7) is 1.21. The second-order valence-corrected chi connectivity index (χ2v) is 6.14. The first-order valence-corrected chi connectivity index (χ1v) is 8.40. The lowest BCUT2D eigenvalue weighted by Crippen LogP contribution is -2.36. The Bertz CT molecular complexity index is 960. The van der Waals surface area contributed by atoms with Gasteiger partial charge in [0, 0.05) is 19.2 Å². The SMILES string of the molecule is O=C(c1cc(Nc2ccccc2F)ncn1)N1CCc2ccccc2C1. The molecule has 0 aliphatic carbocycles. The summed E-state index contributed by atoms with van der Waals surface area (Å²) in [5.74, 6) is -0.157. The molecule has 0 fully saturated rings. The molecule has 6 heteroatoms. The van der Waals surface area contributed by atoms with E-state index in [1.54, 1.807) is 29.2 Å². The molecule has 1 aliphatic heterocycles. The van der Waals surface area contributed by atoms with E-state index in [-0.39, 0.29) is 11.7 Å². The van der Waals surface area contributed by atoms with E-state index in [0.717, 1.165) is 12.0 Å². The van der Waals surface area contributed by atoms with Crippen LogP contribution in [-0.2, 0) is 13.0 Å². The average Bonchev–Trinajstić information content (AvgIpc) is 2.69. The maximum Gasteiger partial charge on any atom is 0.272 e. The molecule has 0 saturated carbocycles. The summed E-state index contributed by atoms with van der Waals surface area (Å²) in [5, 5.41) is 2.89. The molecule has 26 heavy (non-hydrogen) atoms. The highest BCUT2D eigenvalue weighted by Crippen LogP contribution is 2.21. The summed E-state index contributed by atoms with van der Waals surface area (Å²) in [6.07, 6.45) is 2.14. The molecule has 130 valence electrons. The third kappa shape index (κ3) is 3.26. The smallest absolute Gasteiger partial charge is 0.272 e. The number of amides is 1. The second kappa shape index (κ2) is 6.92. The Hall–Kier alpha value is -3.28. The van der Waals surface area contributed by atoms with Gasteiger partial charge in [-0.2, -0.15) is 0 Å². The Kier molecular flexibility index (Phi) is 4.31. The number of hydrogen-bond donors (Lipinski definition) is 1. The lowest BCUT2D eigenvalue weighted by molar-refractivity contribution is 0.0728. The molecule has 0 saturated heterocycles. The minimum Gasteiger partial charge on any atom is -0.338 e. The van der Waals surface area contributed by atoms with Crippen LogP contribution in [0.5, 0.6) is 0 Å². The van der Waals surface area contributed by atoms with Gasteiger partial charge in [-0.25, -0.2) is 14.4 Å². The highest BCUT2D eigenvalue weighted by atomic mass is 19.1. The summed E-state index contributed by atoms with van der Waals surface area (Å²) in [7, 11) is 0. The monoisotopic (exact) mass is 348 g/mol. The van der Waals surface area contributed by atoms with Gasteiger partial charge in [0.1, 0.15) is 23.7 Å². The van der Waals surface area contributed by atoms with E-state index in [9.17, 15) is 9.18 Å². The Morgan fingerprint density at radius 3 is 2.65 bits per heavy atom. The fourth-order valence-electron chi connectivity index (χ4n) is 3.07. The van der Waals surface area contributed by atoms with Gasteiger partial charge in [-0.15, -0.1) is 0 Å². The Morgan fingerprint density at radius 2 is 1.81 bits per heavy atom. The van der Waals surface area contributed by atoms with E-state index in [4.69, 9.17) is 0 Å². The van der Waals surface area contributed by atoms with Crippen molar-refractivity contribution in [3.63, 3.8) is 0 Å². The van der Waals surface area contributed by atoms with Crippen molar-refractivity contribution in [2.45, 2.75) is 13.0 Å². The molecule has 1 aliphatic rings. The minimum absolute atomic E-state index is 0.154. The number of para-hydroxylation sites is 1. The predicted molar refractivity (Wildman–Crippen MR) is 96.6 cm³/mol. The zero-order valence-electron chi connectivity index (χ0n) is 14.0. The molecule has 5 nitrogen and oxygen atoms in total. The number of rotatable bonds is 3. The number of nitrogens with one attached hydrogen (secondary N) is 1. The molecule has 3 aromatic rings. The molecule has 0 unspecified atom stereocenters. The number of nitrogens with zero attached hydrogens (tertiary/aromatic N) is 3. The zero-order valence-corrected chi connectivity index (χ0v) is 14.0. The van der Waals surface area contributed by atoms with Gasteiger partial charge in [-0.1, -0.05) is 36.4 Å². The molecule has 1 aromatic heterocycles. The number of aromatic nitrogens is 2. The number of anilines is 2. The maximum absolute atomic E-state index is 13.8. The lowest BCUT2D eigenvalue weighted by Gasteiger charge is -2.28. The van der Waals surface area contributed by atoms with Crippen LogP contribution in [0, 0.1) is 5.82 Å². The van der Waals surface area contributed by atoms with Crippen molar-refractivity contribution >= 4 is 17.4 Å². The Morgan fingerprint density at radius 1 is 1.04 bits per heavy atom. The van der Waals surface area contributed by atoms with Crippen LogP contribution in [0.4, 0.5) is 15.9 Å². The average molecular weight is 348 g/mol. The molecular formula is C20H17FN4O. The maximum atomic E-state index is 13.8. The lowest BCUT2D eigenvalue weighted by atomic mass is 10.00. The summed E-state index contributed by atoms with van der Waals surface area (Å²) >= 11 is 0. The van der Waals surface area contributed by atoms with Gasteiger partial charge in [-0.3, -0.25) is 4.79 Å². The van der Waals surface area contributed by atoms with E-state index in [1.807, 2.05) is 18.2 Å². The second-order valence-electron chi connectivity index (χ2n) is 6.14. The van der Waals surface area contributed by atoms with Crippen molar-refractivity contribution in [1.29, 1.82) is 0 Å². The number of carbonyl (C=O) groups excluding carboxylic acids is 1. The van der Waals surface area contributed by atoms with Crippen LogP contribution in [-0.4, -0.2) is 27.3 Å². The van der Waals surface area contributed by atoms with Gasteiger partial charge >= 0.3 is 0 Å². The molecule has 0 spiro atoms. The van der Waals surface area contributed by atoms with Crippen molar-refractivity contribution in [2.24, 2.45) is 0 Å². The molecule has 2 aromatic carbocycles. The normalized spacial score (nSPS) is 13.2. The Balaban J connectivity index is 1.53. The first-order chi connectivity index (χ1) is 12.7. The third-order valence-electron chi connectivity index (χ3n) is 4.44. The zero-order chi connectivity index (χ0) is 17.9. The molecule has 1 amide bonds. The van der Waals surface area contributed by atoms with Crippen LogP contribution >= 0.6 is 0 Å². The van der Waals surface area contributed by atoms with Crippen LogP contribution in [0.1, 0.15) is 21.6 Å². The first-order valence-electron chi connectivity index (χ1n) is 8.40. The largest absolute Gasteiger partial charge is 0.338 e. The molecule has 1 N–H and O–H groups in total. The molecular weight excluding hydrogens is 331 g/mol. The Labute approximate surface area is 150 Å². The van der Waals surface area contributed by atoms with Crippen molar-refractivity contribution in [3.05, 3.63) is 83.6 Å². The van der Waals surface area contributed by atoms with E-state index < -0.39 is 0 Å². The highest BCUT2D eigenvalue weighted by molar-refractivity contribution is 5.93. The summed E-state index contributed by atoms with van der Waals surface area (Å²) in [6, 6.07) is 16.0. The summed E-state index contributed by atoms with van der Waals surface area (Å²) < 4.78 is 13.8. The van der Waals surface area contributed by atoms with Gasteiger partial charge in [0.2, 0.25) is 0 Å². The molecule has 0 atom stereocenters. The fourth-order valence-corrected chi connectivity index (χ4v) is 3.07. The fraction of sp³-hybridized carbons (Fsp3) is 0.150. The van der Waals surface area contributed by atoms with E-state index in [1.165, 1.54) is 18.0 Å². The van der Waals surface area contributed by atoms with Crippen LogP contribution < -0.4 is 5.32 Å². The number of halogens is 1. The van der Waals surface area contributed by atoms with Gasteiger partial charge < -0.3 is 10.2 Å². The number of benzene rings is 2. The van der Waals surface area contributed by atoms with Crippen LogP contribution in [0.2, 0.25) is 0 Å². The van der Waals surface area contributed by atoms with Crippen molar-refractivity contribution in [3.8, 4) is 0 Å². The first kappa shape index (κ1) is 16.2. The minimum atomic E-state index is -0.383. The van der Waals surface area contributed by atoms with E-state index in [0.29, 0.717) is 30.3 Å². The van der Waals surface area contributed by atoms with E-state index in [2.05, 4.69) is 21.4 Å². The van der Waals surface area contributed by atoms with Crippen LogP contribution in [0.3, 0.4) is 0 Å². The predicted octanol–water partition coefficient (Wildman–Crippen LogP) is 3.56. The summed E-state index contributed by atoms with van der Waals surface area (Å²) in [5.41, 5.74) is 3.03. The van der Waals surface area contributed by atoms with Crippen LogP contribution in [0.25, 0.3) is 0 Å². The molecule has 4 rings (SSSR count). The van der Waals surface area contributed by atoms with Gasteiger partial charge in [0.05, 0.1) is 5.69 Å². The molecule has 0 bridgehead atoms. The van der Waals surface area contributed by atoms with Crippen LogP contribution in [0.15, 0.2) is 60.9 Å². The third-order valence-corrected chi connectivity index (χ3v) is 4.44. The quantitative estimate of drug-likeness (QED) is 0.786. The molecule has 2 heterocycles. The number of hydrogen-bond acceptors (Lipinski definition) is 4. The van der Waals surface area contributed by atoms with Gasteiger partial charge in [0.25, 0.3) is 5.91 Å². The topological polar surface area (TPSA) is 58.1 Å². The van der Waals surface area contributed by atoms with Crippen molar-refractivity contribution in [1.82, 2.24) is 14.9 Å². The standard InChI is InChI=1S/C20H17FN4O/c21-16-7-3-4-8-17(16)24-19-11-18(22-13-23-19)20(26)25-10-9-14-5-1-2-6-15(14)12-25/h1-8,11,13H,9-10,12H2,(H,22,23,24). The number of carbonyl (C=O) groups is 1. The van der Waals surface area contributed by atoms with Gasteiger partial charge in [0.15, 0.2) is 0 Å². The summed E-state index contributed by atoms with van der Waals surface area (Å²) in [4.78, 5) is 22.8. The van der Waals surface area contributed by atoms with Gasteiger partial charge in [-0.05, 0) is 29.7 Å². The molecule has 0 radical (unpaired) electrons. The highest BCUT2D eigenvalue weighted by Gasteiger charge is 2.22. The van der Waals surface area contributed by atoms with Crippen molar-refractivity contribution < 1.29 is 9.18 Å². The van der Waals surface area contributed by atoms with E-state index >= 15 is 0 Å². The number of fused-ring (bicyclic) bond motifs is 1. The van der Waals surface area contributed by atoms with Crippen molar-refractivity contribution in [2.75, 3.05) is 11.9 Å².